The number of aromatic nitrogens is 2. The number of amides is 1. The Morgan fingerprint density at radius 2 is 2.26 bits per heavy atom. The van der Waals surface area contributed by atoms with Crippen molar-refractivity contribution in [3.8, 4) is 0 Å². The van der Waals surface area contributed by atoms with Gasteiger partial charge in [0.15, 0.2) is 5.13 Å². The van der Waals surface area contributed by atoms with E-state index in [1.165, 1.54) is 11.3 Å². The van der Waals surface area contributed by atoms with Crippen LogP contribution in [0.3, 0.4) is 0 Å². The lowest BCUT2D eigenvalue weighted by Crippen LogP contribution is -2.23. The highest BCUT2D eigenvalue weighted by atomic mass is 32.1. The summed E-state index contributed by atoms with van der Waals surface area (Å²) in [5.41, 5.74) is 1.26. The van der Waals surface area contributed by atoms with Crippen LogP contribution in [-0.4, -0.2) is 21.9 Å². The highest BCUT2D eigenvalue weighted by Gasteiger charge is 2.10. The monoisotopic (exact) mass is 276 g/mol. The molecule has 0 saturated carbocycles. The molecule has 0 radical (unpaired) electrons. The Kier molecular flexibility index (Phi) is 4.46. The van der Waals surface area contributed by atoms with Crippen LogP contribution in [0.4, 0.5) is 5.13 Å². The lowest BCUT2D eigenvalue weighted by molar-refractivity contribution is 0.0946. The van der Waals surface area contributed by atoms with E-state index in [2.05, 4.69) is 20.6 Å². The second-order valence-electron chi connectivity index (χ2n) is 4.34. The fraction of sp³-hybridized carbons (Fsp3) is 0.308. The van der Waals surface area contributed by atoms with Gasteiger partial charge in [-0.3, -0.25) is 9.78 Å². The van der Waals surface area contributed by atoms with Gasteiger partial charge in [0.05, 0.1) is 12.2 Å². The summed E-state index contributed by atoms with van der Waals surface area (Å²) in [6, 6.07) is 5.90. The van der Waals surface area contributed by atoms with Crippen LogP contribution in [0.2, 0.25) is 0 Å². The van der Waals surface area contributed by atoms with Crippen LogP contribution in [-0.2, 0) is 6.54 Å². The van der Waals surface area contributed by atoms with Gasteiger partial charge in [-0.2, -0.15) is 0 Å². The number of carbonyl (C=O) groups is 1. The first-order valence-electron chi connectivity index (χ1n) is 6.05. The summed E-state index contributed by atoms with van der Waals surface area (Å²) in [4.78, 5) is 20.3. The summed E-state index contributed by atoms with van der Waals surface area (Å²) in [5, 5.41) is 8.48. The Hall–Kier alpha value is -1.95. The van der Waals surface area contributed by atoms with Gasteiger partial charge in [0.25, 0.3) is 5.91 Å². The number of nitrogens with zero attached hydrogens (tertiary/aromatic N) is 2. The summed E-state index contributed by atoms with van der Waals surface area (Å²) < 4.78 is 0. The lowest BCUT2D eigenvalue weighted by Gasteiger charge is -2.04. The zero-order chi connectivity index (χ0) is 13.7. The van der Waals surface area contributed by atoms with E-state index >= 15 is 0 Å². The molecule has 0 bridgehead atoms. The predicted octanol–water partition coefficient (Wildman–Crippen LogP) is 2.29. The molecular formula is C13H16N4OS. The minimum absolute atomic E-state index is 0.182. The van der Waals surface area contributed by atoms with Crippen molar-refractivity contribution in [1.82, 2.24) is 15.3 Å². The molecule has 0 fully saturated rings. The maximum atomic E-state index is 11.9. The molecule has 1 amide bonds. The highest BCUT2D eigenvalue weighted by Crippen LogP contribution is 2.16. The fourth-order valence-electron chi connectivity index (χ4n) is 1.46. The molecule has 2 aromatic rings. The van der Waals surface area contributed by atoms with Gasteiger partial charge in [0.1, 0.15) is 5.69 Å². The smallest absolute Gasteiger partial charge is 0.271 e. The Morgan fingerprint density at radius 3 is 2.95 bits per heavy atom. The van der Waals surface area contributed by atoms with Crippen molar-refractivity contribution in [2.45, 2.75) is 26.4 Å². The molecule has 0 atom stereocenters. The lowest BCUT2D eigenvalue weighted by atomic mass is 10.3. The van der Waals surface area contributed by atoms with Gasteiger partial charge in [-0.15, -0.1) is 11.3 Å². The van der Waals surface area contributed by atoms with Crippen molar-refractivity contribution in [3.05, 3.63) is 41.2 Å². The van der Waals surface area contributed by atoms with Crippen molar-refractivity contribution in [2.75, 3.05) is 5.32 Å². The van der Waals surface area contributed by atoms with Crippen molar-refractivity contribution in [2.24, 2.45) is 0 Å². The van der Waals surface area contributed by atoms with E-state index in [0.29, 0.717) is 18.3 Å². The average molecular weight is 276 g/mol. The molecule has 5 nitrogen and oxygen atoms in total. The van der Waals surface area contributed by atoms with Crippen LogP contribution in [0, 0.1) is 0 Å². The third kappa shape index (κ3) is 4.03. The molecule has 0 aliphatic carbocycles. The number of nitrogens with one attached hydrogen (secondary N) is 2. The average Bonchev–Trinajstić information content (AvgIpc) is 2.85. The number of carbonyl (C=O) groups excluding carboxylic acids is 1. The standard InChI is InChI=1S/C13H16N4OS/c1-9(2)16-13-17-11(8-19-13)12(18)15-7-10-5-3-4-6-14-10/h3-6,8-9H,7H2,1-2H3,(H,15,18)(H,16,17). The zero-order valence-electron chi connectivity index (χ0n) is 10.9. The summed E-state index contributed by atoms with van der Waals surface area (Å²) in [6.07, 6.45) is 1.70. The van der Waals surface area contributed by atoms with E-state index in [9.17, 15) is 4.79 Å². The van der Waals surface area contributed by atoms with Crippen LogP contribution in [0.25, 0.3) is 0 Å². The summed E-state index contributed by atoms with van der Waals surface area (Å²) in [6.45, 7) is 4.47. The molecule has 19 heavy (non-hydrogen) atoms. The molecular weight excluding hydrogens is 260 g/mol. The minimum atomic E-state index is -0.182. The largest absolute Gasteiger partial charge is 0.359 e. The van der Waals surface area contributed by atoms with Crippen LogP contribution < -0.4 is 10.6 Å². The molecule has 100 valence electrons. The molecule has 6 heteroatoms. The van der Waals surface area contributed by atoms with Crippen LogP contribution >= 0.6 is 11.3 Å². The highest BCUT2D eigenvalue weighted by molar-refractivity contribution is 7.13. The maximum absolute atomic E-state index is 11.9. The molecule has 0 aromatic carbocycles. The van der Waals surface area contributed by atoms with Crippen molar-refractivity contribution < 1.29 is 4.79 Å². The molecule has 0 aliphatic rings. The van der Waals surface area contributed by atoms with Gasteiger partial charge < -0.3 is 10.6 Å². The molecule has 0 unspecified atom stereocenters. The maximum Gasteiger partial charge on any atom is 0.271 e. The van der Waals surface area contributed by atoms with E-state index in [4.69, 9.17) is 0 Å². The molecule has 0 aliphatic heterocycles. The number of thiazole rings is 1. The fourth-order valence-corrected chi connectivity index (χ4v) is 2.29. The van der Waals surface area contributed by atoms with E-state index in [1.54, 1.807) is 11.6 Å². The van der Waals surface area contributed by atoms with Crippen molar-refractivity contribution in [3.63, 3.8) is 0 Å². The van der Waals surface area contributed by atoms with E-state index < -0.39 is 0 Å². The Balaban J connectivity index is 1.91. The number of pyridine rings is 1. The second-order valence-corrected chi connectivity index (χ2v) is 5.20. The normalized spacial score (nSPS) is 10.5. The number of rotatable bonds is 5. The third-order valence-corrected chi connectivity index (χ3v) is 3.08. The first-order chi connectivity index (χ1) is 9.15. The zero-order valence-corrected chi connectivity index (χ0v) is 11.7. The molecule has 0 spiro atoms. The van der Waals surface area contributed by atoms with Gasteiger partial charge in [-0.25, -0.2) is 4.98 Å². The molecule has 2 rings (SSSR count). The minimum Gasteiger partial charge on any atom is -0.359 e. The Morgan fingerprint density at radius 1 is 1.42 bits per heavy atom. The Labute approximate surface area is 116 Å². The van der Waals surface area contributed by atoms with Crippen molar-refractivity contribution >= 4 is 22.4 Å². The topological polar surface area (TPSA) is 66.9 Å². The van der Waals surface area contributed by atoms with Gasteiger partial charge in [0.2, 0.25) is 0 Å². The molecule has 0 saturated heterocycles. The second kappa shape index (κ2) is 6.29. The number of hydrogen-bond acceptors (Lipinski definition) is 5. The SMILES string of the molecule is CC(C)Nc1nc(C(=O)NCc2ccccn2)cs1. The van der Waals surface area contributed by atoms with E-state index in [-0.39, 0.29) is 5.91 Å². The number of hydrogen-bond donors (Lipinski definition) is 2. The first-order valence-corrected chi connectivity index (χ1v) is 6.93. The van der Waals surface area contributed by atoms with Gasteiger partial charge in [-0.05, 0) is 26.0 Å². The Bertz CT molecular complexity index is 539. The first kappa shape index (κ1) is 13.5. The number of anilines is 1. The summed E-state index contributed by atoms with van der Waals surface area (Å²) in [7, 11) is 0. The quantitative estimate of drug-likeness (QED) is 0.879. The summed E-state index contributed by atoms with van der Waals surface area (Å²) in [5.74, 6) is -0.182. The third-order valence-electron chi connectivity index (χ3n) is 2.31. The van der Waals surface area contributed by atoms with E-state index in [1.807, 2.05) is 32.0 Å². The van der Waals surface area contributed by atoms with Gasteiger partial charge in [-0.1, -0.05) is 6.07 Å². The molecule has 2 N–H and O–H groups in total. The summed E-state index contributed by atoms with van der Waals surface area (Å²) >= 11 is 1.43. The molecule has 2 heterocycles. The van der Waals surface area contributed by atoms with Crippen LogP contribution in [0.5, 0.6) is 0 Å². The van der Waals surface area contributed by atoms with Crippen LogP contribution in [0.1, 0.15) is 30.0 Å². The van der Waals surface area contributed by atoms with Gasteiger partial charge >= 0.3 is 0 Å². The van der Waals surface area contributed by atoms with Gasteiger partial charge in [0, 0.05) is 17.6 Å². The predicted molar refractivity (Wildman–Crippen MR) is 76.3 cm³/mol. The molecule has 2 aromatic heterocycles. The van der Waals surface area contributed by atoms with Crippen molar-refractivity contribution in [1.29, 1.82) is 0 Å². The van der Waals surface area contributed by atoms with Crippen LogP contribution in [0.15, 0.2) is 29.8 Å². The van der Waals surface area contributed by atoms with E-state index in [0.717, 1.165) is 10.8 Å².